The van der Waals surface area contributed by atoms with Crippen LogP contribution in [0.4, 0.5) is 0 Å². The van der Waals surface area contributed by atoms with Crippen molar-refractivity contribution < 1.29 is 14.0 Å². The number of methoxy groups -OCH3 is 2. The highest BCUT2D eigenvalue weighted by Crippen LogP contribution is 2.36. The highest BCUT2D eigenvalue weighted by Gasteiger charge is 2.26. The Kier molecular flexibility index (Phi) is 3.58. The molecule has 0 amide bonds. The number of aromatic nitrogens is 1. The average Bonchev–Trinajstić information content (AvgIpc) is 2.52. The zero-order valence-corrected chi connectivity index (χ0v) is 13.2. The van der Waals surface area contributed by atoms with Gasteiger partial charge in [-0.3, -0.25) is 0 Å². The summed E-state index contributed by atoms with van der Waals surface area (Å²) in [7, 11) is 3.38. The van der Waals surface area contributed by atoms with Crippen LogP contribution < -0.4 is 14.0 Å². The van der Waals surface area contributed by atoms with Crippen molar-refractivity contribution in [1.82, 2.24) is 0 Å². The summed E-state index contributed by atoms with van der Waals surface area (Å²) in [4.78, 5) is 0. The van der Waals surface area contributed by atoms with Gasteiger partial charge in [-0.05, 0) is 36.6 Å². The molecule has 3 heteroatoms. The van der Waals surface area contributed by atoms with E-state index in [4.69, 9.17) is 9.47 Å². The van der Waals surface area contributed by atoms with Gasteiger partial charge in [-0.25, -0.2) is 0 Å². The summed E-state index contributed by atoms with van der Waals surface area (Å²) in [5.41, 5.74) is 6.63. The van der Waals surface area contributed by atoms with Crippen molar-refractivity contribution in [3.05, 3.63) is 41.1 Å². The summed E-state index contributed by atoms with van der Waals surface area (Å²) < 4.78 is 13.2. The largest absolute Gasteiger partial charge is 0.493 e. The average molecular weight is 284 g/mol. The molecule has 0 radical (unpaired) electrons. The maximum absolute atomic E-state index is 5.46. The van der Waals surface area contributed by atoms with E-state index in [0.29, 0.717) is 0 Å². The minimum atomic E-state index is 0.793. The molecule has 0 aliphatic carbocycles. The van der Waals surface area contributed by atoms with Gasteiger partial charge in [-0.15, -0.1) is 0 Å². The van der Waals surface area contributed by atoms with E-state index in [2.05, 4.69) is 42.8 Å². The summed E-state index contributed by atoms with van der Waals surface area (Å²) in [6.07, 6.45) is 4.40. The molecule has 0 atom stereocenters. The molecule has 0 bridgehead atoms. The number of ether oxygens (including phenoxy) is 2. The number of hydrogen-bond donors (Lipinski definition) is 0. The van der Waals surface area contributed by atoms with Crippen molar-refractivity contribution in [2.45, 2.75) is 33.2 Å². The maximum Gasteiger partial charge on any atom is 0.213 e. The Bertz CT molecular complexity index is 692. The Morgan fingerprint density at radius 3 is 2.48 bits per heavy atom. The molecule has 3 nitrogen and oxygen atoms in total. The van der Waals surface area contributed by atoms with E-state index < -0.39 is 0 Å². The Labute approximate surface area is 126 Å². The number of benzene rings is 1. The second-order valence-electron chi connectivity index (χ2n) is 5.53. The third-order valence-electron chi connectivity index (χ3n) is 4.37. The van der Waals surface area contributed by atoms with Crippen LogP contribution in [0.1, 0.15) is 23.6 Å². The number of aryl methyl sites for hydroxylation is 4. The molecular formula is C18H22NO2+. The van der Waals surface area contributed by atoms with Crippen LogP contribution in [-0.4, -0.2) is 14.2 Å². The smallest absolute Gasteiger partial charge is 0.213 e. The predicted molar refractivity (Wildman–Crippen MR) is 83.0 cm³/mol. The van der Waals surface area contributed by atoms with Gasteiger partial charge in [0.25, 0.3) is 0 Å². The molecule has 0 fully saturated rings. The van der Waals surface area contributed by atoms with Gasteiger partial charge in [0.15, 0.2) is 24.2 Å². The lowest BCUT2D eigenvalue weighted by atomic mass is 9.94. The van der Waals surface area contributed by atoms with Crippen molar-refractivity contribution in [1.29, 1.82) is 0 Å². The Morgan fingerprint density at radius 2 is 1.81 bits per heavy atom. The molecule has 0 N–H and O–H groups in total. The topological polar surface area (TPSA) is 22.3 Å². The van der Waals surface area contributed by atoms with E-state index >= 15 is 0 Å². The predicted octanol–water partition coefficient (Wildman–Crippen LogP) is 3.09. The van der Waals surface area contributed by atoms with E-state index in [1.54, 1.807) is 14.2 Å². The first kappa shape index (κ1) is 13.9. The van der Waals surface area contributed by atoms with E-state index in [-0.39, 0.29) is 0 Å². The fraction of sp³-hybridized carbons (Fsp3) is 0.389. The van der Waals surface area contributed by atoms with Crippen molar-refractivity contribution in [3.8, 4) is 22.8 Å². The lowest BCUT2D eigenvalue weighted by molar-refractivity contribution is -0.688. The molecule has 1 aromatic carbocycles. The summed E-state index contributed by atoms with van der Waals surface area (Å²) in [6, 6.07) is 6.51. The summed E-state index contributed by atoms with van der Waals surface area (Å²) in [5.74, 6) is 1.61. The Balaban J connectivity index is 2.20. The molecule has 0 unspecified atom stereocenters. The van der Waals surface area contributed by atoms with Gasteiger partial charge in [0.05, 0.1) is 19.8 Å². The fourth-order valence-electron chi connectivity index (χ4n) is 3.14. The van der Waals surface area contributed by atoms with Crippen LogP contribution in [0.5, 0.6) is 11.5 Å². The third kappa shape index (κ3) is 2.27. The minimum absolute atomic E-state index is 0.793. The lowest BCUT2D eigenvalue weighted by Gasteiger charge is -2.19. The van der Waals surface area contributed by atoms with Crippen molar-refractivity contribution in [2.24, 2.45) is 0 Å². The Morgan fingerprint density at radius 1 is 1.10 bits per heavy atom. The van der Waals surface area contributed by atoms with Gasteiger partial charge in [0.2, 0.25) is 5.69 Å². The summed E-state index contributed by atoms with van der Waals surface area (Å²) in [6.45, 7) is 5.42. The van der Waals surface area contributed by atoms with Crippen LogP contribution in [0, 0.1) is 6.92 Å². The molecule has 1 aromatic heterocycles. The number of fused-ring (bicyclic) bond motifs is 3. The van der Waals surface area contributed by atoms with Gasteiger partial charge >= 0.3 is 0 Å². The number of hydrogen-bond acceptors (Lipinski definition) is 2. The number of nitrogens with zero attached hydrogens (tertiary/aromatic N) is 1. The first-order valence-corrected chi connectivity index (χ1v) is 7.46. The van der Waals surface area contributed by atoms with E-state index in [1.165, 1.54) is 27.9 Å². The second kappa shape index (κ2) is 5.40. The quantitative estimate of drug-likeness (QED) is 0.808. The molecule has 3 rings (SSSR count). The van der Waals surface area contributed by atoms with Crippen LogP contribution in [0.25, 0.3) is 11.3 Å². The molecule has 1 aliphatic heterocycles. The van der Waals surface area contributed by atoms with E-state index in [9.17, 15) is 0 Å². The zero-order chi connectivity index (χ0) is 15.0. The van der Waals surface area contributed by atoms with Crippen molar-refractivity contribution >= 4 is 0 Å². The number of pyridine rings is 1. The molecule has 110 valence electrons. The molecule has 2 aromatic rings. The Hall–Kier alpha value is -2.03. The normalized spacial score (nSPS) is 12.6. The first-order valence-electron chi connectivity index (χ1n) is 7.46. The van der Waals surface area contributed by atoms with Crippen LogP contribution in [-0.2, 0) is 19.4 Å². The van der Waals surface area contributed by atoms with Crippen LogP contribution in [0.15, 0.2) is 24.4 Å². The van der Waals surface area contributed by atoms with Crippen LogP contribution in [0.2, 0.25) is 0 Å². The molecule has 0 saturated carbocycles. The number of rotatable bonds is 3. The van der Waals surface area contributed by atoms with Crippen molar-refractivity contribution in [3.63, 3.8) is 0 Å². The molecule has 0 saturated heterocycles. The highest BCUT2D eigenvalue weighted by atomic mass is 16.5. The monoisotopic (exact) mass is 284 g/mol. The third-order valence-corrected chi connectivity index (χ3v) is 4.37. The molecular weight excluding hydrogens is 262 g/mol. The first-order chi connectivity index (χ1) is 10.2. The standard InChI is InChI=1S/C18H22NO2/c1-5-13-11-19-7-6-14-9-17(20-3)18(21-4)10-15(14)16(19)8-12(13)2/h8-11H,5-7H2,1-4H3/q+1. The van der Waals surface area contributed by atoms with Crippen LogP contribution >= 0.6 is 0 Å². The molecule has 1 aliphatic rings. The van der Waals surface area contributed by atoms with E-state index in [1.807, 2.05) is 0 Å². The van der Waals surface area contributed by atoms with Gasteiger partial charge < -0.3 is 9.47 Å². The van der Waals surface area contributed by atoms with Gasteiger partial charge in [-0.2, -0.15) is 4.57 Å². The lowest BCUT2D eigenvalue weighted by Crippen LogP contribution is -2.40. The molecule has 21 heavy (non-hydrogen) atoms. The van der Waals surface area contributed by atoms with E-state index in [0.717, 1.165) is 30.9 Å². The summed E-state index contributed by atoms with van der Waals surface area (Å²) in [5, 5.41) is 0. The van der Waals surface area contributed by atoms with Gasteiger partial charge in [-0.1, -0.05) is 6.92 Å². The SMILES string of the molecule is CCc1c[n+]2c(cc1C)-c1cc(OC)c(OC)cc1CC2. The summed E-state index contributed by atoms with van der Waals surface area (Å²) >= 11 is 0. The van der Waals surface area contributed by atoms with Crippen LogP contribution in [0.3, 0.4) is 0 Å². The molecule has 2 heterocycles. The zero-order valence-electron chi connectivity index (χ0n) is 13.2. The maximum atomic E-state index is 5.46. The highest BCUT2D eigenvalue weighted by molar-refractivity contribution is 5.68. The van der Waals surface area contributed by atoms with Gasteiger partial charge in [0.1, 0.15) is 0 Å². The minimum Gasteiger partial charge on any atom is -0.493 e. The molecule has 0 spiro atoms. The van der Waals surface area contributed by atoms with Crippen molar-refractivity contribution in [2.75, 3.05) is 14.2 Å². The van der Waals surface area contributed by atoms with Gasteiger partial charge in [0, 0.05) is 18.1 Å². The fourth-order valence-corrected chi connectivity index (χ4v) is 3.14. The second-order valence-corrected chi connectivity index (χ2v) is 5.53.